The van der Waals surface area contributed by atoms with Crippen LogP contribution in [-0.2, 0) is 16.0 Å². The molecule has 3 aromatic rings. The van der Waals surface area contributed by atoms with E-state index in [9.17, 15) is 14.3 Å². The maximum Gasteiger partial charge on any atom is 0.323 e. The van der Waals surface area contributed by atoms with E-state index in [2.05, 4.69) is 27.3 Å². The second kappa shape index (κ2) is 8.65. The highest BCUT2D eigenvalue weighted by atomic mass is 19.1. The summed E-state index contributed by atoms with van der Waals surface area (Å²) in [5, 5.41) is 14.0. The number of rotatable bonds is 5. The normalized spacial score (nSPS) is 25.3. The van der Waals surface area contributed by atoms with Gasteiger partial charge < -0.3 is 20.1 Å². The number of aliphatic hydroxyl groups is 1. The monoisotopic (exact) mass is 437 g/mol. The molecule has 2 aromatic carbocycles. The molecule has 1 aromatic heterocycles. The summed E-state index contributed by atoms with van der Waals surface area (Å²) in [6.07, 6.45) is 2.12. The molecule has 3 N–H and O–H groups in total. The zero-order chi connectivity index (χ0) is 22.2. The lowest BCUT2D eigenvalue weighted by Crippen LogP contribution is -2.55. The molecule has 1 fully saturated rings. The average Bonchev–Trinajstić information content (AvgIpc) is 3.20. The fraction of sp³-hybridized carbons (Fsp3) is 0.400. The van der Waals surface area contributed by atoms with Crippen LogP contribution in [0.3, 0.4) is 0 Å². The number of carbonyl (C=O) groups is 1. The van der Waals surface area contributed by atoms with E-state index in [-0.39, 0.29) is 36.5 Å². The Morgan fingerprint density at radius 3 is 2.69 bits per heavy atom. The molecule has 0 aliphatic carbocycles. The van der Waals surface area contributed by atoms with E-state index in [4.69, 9.17) is 4.74 Å². The van der Waals surface area contributed by atoms with Crippen LogP contribution in [0.5, 0.6) is 0 Å². The van der Waals surface area contributed by atoms with Gasteiger partial charge in [0.2, 0.25) is 0 Å². The number of para-hydroxylation sites is 1. The van der Waals surface area contributed by atoms with Crippen molar-refractivity contribution in [2.45, 2.75) is 43.4 Å². The molecule has 5 rings (SSSR count). The molecule has 0 radical (unpaired) electrons. The van der Waals surface area contributed by atoms with E-state index >= 15 is 0 Å². The largest absolute Gasteiger partial charge is 0.468 e. The molecule has 168 valence electrons. The van der Waals surface area contributed by atoms with Crippen LogP contribution in [0.1, 0.15) is 41.7 Å². The molecule has 6 nitrogen and oxygen atoms in total. The Morgan fingerprint density at radius 2 is 1.94 bits per heavy atom. The van der Waals surface area contributed by atoms with E-state index in [1.165, 1.54) is 19.2 Å². The SMILES string of the molecule is COC(=O)C1Cc2c([nH]c3ccccc23)C2CC(NCCO)CC(c3ccc(F)cc3)N12. The van der Waals surface area contributed by atoms with Gasteiger partial charge in [0.25, 0.3) is 0 Å². The number of carbonyl (C=O) groups excluding carboxylic acids is 1. The van der Waals surface area contributed by atoms with Crippen LogP contribution in [-0.4, -0.2) is 53.3 Å². The molecule has 0 spiro atoms. The molecule has 0 saturated carbocycles. The van der Waals surface area contributed by atoms with Crippen molar-refractivity contribution in [3.8, 4) is 0 Å². The van der Waals surface area contributed by atoms with E-state index in [1.807, 2.05) is 12.1 Å². The summed E-state index contributed by atoms with van der Waals surface area (Å²) in [6, 6.07) is 14.3. The average molecular weight is 438 g/mol. The van der Waals surface area contributed by atoms with Gasteiger partial charge in [-0.15, -0.1) is 0 Å². The summed E-state index contributed by atoms with van der Waals surface area (Å²) in [5.74, 6) is -0.531. The summed E-state index contributed by atoms with van der Waals surface area (Å²) < 4.78 is 18.9. The van der Waals surface area contributed by atoms with Crippen molar-refractivity contribution in [1.29, 1.82) is 0 Å². The van der Waals surface area contributed by atoms with Crippen molar-refractivity contribution >= 4 is 16.9 Å². The maximum atomic E-state index is 13.7. The van der Waals surface area contributed by atoms with Crippen molar-refractivity contribution in [2.24, 2.45) is 0 Å². The number of benzene rings is 2. The first-order chi connectivity index (χ1) is 15.6. The standard InChI is InChI=1S/C25H28FN3O3/c1-32-25(31)23-14-19-18-4-2-3-5-20(18)28-24(19)22-13-17(27-10-11-30)12-21(29(22)23)15-6-8-16(26)9-7-15/h2-9,17,21-23,27-28,30H,10-14H2,1H3. The quantitative estimate of drug-likeness (QED) is 0.535. The molecule has 1 saturated heterocycles. The fourth-order valence-corrected chi connectivity index (χ4v) is 5.59. The number of hydrogen-bond donors (Lipinski definition) is 3. The predicted octanol–water partition coefficient (Wildman–Crippen LogP) is 3.23. The van der Waals surface area contributed by atoms with E-state index in [0.29, 0.717) is 13.0 Å². The van der Waals surface area contributed by atoms with Gasteiger partial charge in [0.1, 0.15) is 11.9 Å². The second-order valence-corrected chi connectivity index (χ2v) is 8.68. The summed E-state index contributed by atoms with van der Waals surface area (Å²) in [6.45, 7) is 0.571. The Labute approximate surface area is 186 Å². The molecule has 7 heteroatoms. The minimum Gasteiger partial charge on any atom is -0.468 e. The van der Waals surface area contributed by atoms with E-state index < -0.39 is 6.04 Å². The molecule has 0 bridgehead atoms. The number of esters is 1. The number of halogens is 1. The zero-order valence-corrected chi connectivity index (χ0v) is 18.1. The van der Waals surface area contributed by atoms with Gasteiger partial charge in [-0.3, -0.25) is 9.69 Å². The number of aromatic amines is 1. The first kappa shape index (κ1) is 21.1. The van der Waals surface area contributed by atoms with Crippen LogP contribution in [0, 0.1) is 5.82 Å². The molecule has 4 atom stereocenters. The van der Waals surface area contributed by atoms with Crippen molar-refractivity contribution < 1.29 is 19.0 Å². The number of nitrogens with one attached hydrogen (secondary N) is 2. The summed E-state index contributed by atoms with van der Waals surface area (Å²) in [5.41, 5.74) is 4.33. The lowest BCUT2D eigenvalue weighted by Gasteiger charge is -2.50. The third kappa shape index (κ3) is 3.60. The van der Waals surface area contributed by atoms with Crippen LogP contribution >= 0.6 is 0 Å². The van der Waals surface area contributed by atoms with Gasteiger partial charge in [0.15, 0.2) is 0 Å². The number of methoxy groups -OCH3 is 1. The number of H-pyrrole nitrogens is 1. The first-order valence-corrected chi connectivity index (χ1v) is 11.1. The lowest BCUT2D eigenvalue weighted by molar-refractivity contribution is -0.152. The smallest absolute Gasteiger partial charge is 0.323 e. The molecule has 3 heterocycles. The zero-order valence-electron chi connectivity index (χ0n) is 18.1. The first-order valence-electron chi connectivity index (χ1n) is 11.1. The minimum atomic E-state index is -0.425. The van der Waals surface area contributed by atoms with Gasteiger partial charge in [0, 0.05) is 41.6 Å². The fourth-order valence-electron chi connectivity index (χ4n) is 5.59. The molecule has 4 unspecified atom stereocenters. The van der Waals surface area contributed by atoms with Gasteiger partial charge in [-0.1, -0.05) is 30.3 Å². The highest BCUT2D eigenvalue weighted by Gasteiger charge is 2.48. The van der Waals surface area contributed by atoms with Crippen LogP contribution in [0.25, 0.3) is 10.9 Å². The van der Waals surface area contributed by atoms with Gasteiger partial charge in [-0.05, 0) is 42.2 Å². The van der Waals surface area contributed by atoms with Crippen LogP contribution in [0.2, 0.25) is 0 Å². The number of ether oxygens (including phenoxy) is 1. The van der Waals surface area contributed by atoms with Crippen molar-refractivity contribution in [1.82, 2.24) is 15.2 Å². The summed E-state index contributed by atoms with van der Waals surface area (Å²) in [4.78, 5) is 18.9. The van der Waals surface area contributed by atoms with Gasteiger partial charge >= 0.3 is 5.97 Å². The van der Waals surface area contributed by atoms with Crippen LogP contribution in [0.15, 0.2) is 48.5 Å². The second-order valence-electron chi connectivity index (χ2n) is 8.68. The number of aliphatic hydroxyl groups excluding tert-OH is 1. The Bertz CT molecular complexity index is 1110. The summed E-state index contributed by atoms with van der Waals surface area (Å²) >= 11 is 0. The number of aromatic nitrogens is 1. The molecule has 0 amide bonds. The third-order valence-electron chi connectivity index (χ3n) is 6.95. The van der Waals surface area contributed by atoms with Crippen molar-refractivity contribution in [3.63, 3.8) is 0 Å². The third-order valence-corrected chi connectivity index (χ3v) is 6.95. The Balaban J connectivity index is 1.64. The minimum absolute atomic E-state index is 0.0322. The van der Waals surface area contributed by atoms with Crippen LogP contribution in [0.4, 0.5) is 4.39 Å². The molecular formula is C25H28FN3O3. The number of hydrogen-bond acceptors (Lipinski definition) is 5. The van der Waals surface area contributed by atoms with Gasteiger partial charge in [-0.2, -0.15) is 0 Å². The molecule has 32 heavy (non-hydrogen) atoms. The van der Waals surface area contributed by atoms with Crippen LogP contribution < -0.4 is 5.32 Å². The number of piperidine rings is 1. The Morgan fingerprint density at radius 1 is 1.19 bits per heavy atom. The predicted molar refractivity (Wildman–Crippen MR) is 120 cm³/mol. The number of nitrogens with zero attached hydrogens (tertiary/aromatic N) is 1. The van der Waals surface area contributed by atoms with Gasteiger partial charge in [-0.25, -0.2) is 4.39 Å². The van der Waals surface area contributed by atoms with E-state index in [1.54, 1.807) is 12.1 Å². The molecular weight excluding hydrogens is 409 g/mol. The van der Waals surface area contributed by atoms with Crippen molar-refractivity contribution in [2.75, 3.05) is 20.3 Å². The summed E-state index contributed by atoms with van der Waals surface area (Å²) in [7, 11) is 1.44. The highest BCUT2D eigenvalue weighted by molar-refractivity contribution is 5.87. The highest BCUT2D eigenvalue weighted by Crippen LogP contribution is 2.48. The lowest BCUT2D eigenvalue weighted by atomic mass is 9.79. The van der Waals surface area contributed by atoms with E-state index in [0.717, 1.165) is 40.6 Å². The molecule has 2 aliphatic rings. The number of fused-ring (bicyclic) bond motifs is 5. The Kier molecular flexibility index (Phi) is 5.71. The van der Waals surface area contributed by atoms with Crippen molar-refractivity contribution in [3.05, 3.63) is 71.2 Å². The van der Waals surface area contributed by atoms with Gasteiger partial charge in [0.05, 0.1) is 19.8 Å². The topological polar surface area (TPSA) is 77.6 Å². The molecule has 2 aliphatic heterocycles. The Hall–Kier alpha value is -2.74. The maximum absolute atomic E-state index is 13.7.